The molecular formula is C10H20N2O3S. The molecule has 1 rings (SSSR count). The van der Waals surface area contributed by atoms with Gasteiger partial charge in [-0.3, -0.25) is 4.79 Å². The quantitative estimate of drug-likeness (QED) is 0.699. The first-order valence-electron chi connectivity index (χ1n) is 5.76. The minimum absolute atomic E-state index is 0.0297. The zero-order valence-electron chi connectivity index (χ0n) is 9.66. The summed E-state index contributed by atoms with van der Waals surface area (Å²) in [6, 6.07) is -0.141. The van der Waals surface area contributed by atoms with E-state index >= 15 is 0 Å². The molecule has 16 heavy (non-hydrogen) atoms. The van der Waals surface area contributed by atoms with Crippen LogP contribution < -0.4 is 10.6 Å². The second kappa shape index (κ2) is 6.20. The minimum atomic E-state index is -2.98. The third-order valence-corrected chi connectivity index (χ3v) is 4.48. The summed E-state index contributed by atoms with van der Waals surface area (Å²) in [5.74, 6) is 0.0815. The molecule has 0 bridgehead atoms. The van der Waals surface area contributed by atoms with Gasteiger partial charge >= 0.3 is 0 Å². The van der Waals surface area contributed by atoms with Crippen molar-refractivity contribution < 1.29 is 13.2 Å². The van der Waals surface area contributed by atoms with Crippen LogP contribution >= 0.6 is 0 Å². The van der Waals surface area contributed by atoms with Crippen LogP contribution in [0.1, 0.15) is 26.2 Å². The van der Waals surface area contributed by atoms with Crippen LogP contribution in [-0.4, -0.2) is 45.0 Å². The molecule has 1 heterocycles. The van der Waals surface area contributed by atoms with Crippen LogP contribution in [-0.2, 0) is 14.6 Å². The van der Waals surface area contributed by atoms with Crippen molar-refractivity contribution in [3.63, 3.8) is 0 Å². The monoisotopic (exact) mass is 248 g/mol. The van der Waals surface area contributed by atoms with Gasteiger partial charge < -0.3 is 10.6 Å². The molecule has 0 spiro atoms. The van der Waals surface area contributed by atoms with Crippen molar-refractivity contribution >= 4 is 15.7 Å². The summed E-state index contributed by atoms with van der Waals surface area (Å²) >= 11 is 0. The Morgan fingerprint density at radius 1 is 1.44 bits per heavy atom. The summed E-state index contributed by atoms with van der Waals surface area (Å²) in [6.45, 7) is 2.69. The summed E-state index contributed by atoms with van der Waals surface area (Å²) in [5, 5.41) is 5.78. The molecule has 2 N–H and O–H groups in total. The number of piperidine rings is 1. The Kier molecular flexibility index (Phi) is 5.21. The number of carbonyl (C=O) groups is 1. The molecule has 0 aromatic rings. The Balaban J connectivity index is 2.24. The number of nitrogens with one attached hydrogen (secondary N) is 2. The van der Waals surface area contributed by atoms with Gasteiger partial charge in [0, 0.05) is 12.3 Å². The van der Waals surface area contributed by atoms with Gasteiger partial charge in [-0.05, 0) is 19.4 Å². The normalized spacial score (nSPS) is 21.7. The molecule has 0 saturated carbocycles. The lowest BCUT2D eigenvalue weighted by atomic mass is 10.0. The van der Waals surface area contributed by atoms with E-state index in [0.29, 0.717) is 0 Å². The largest absolute Gasteiger partial charge is 0.354 e. The van der Waals surface area contributed by atoms with Crippen LogP contribution in [0.2, 0.25) is 0 Å². The highest BCUT2D eigenvalue weighted by Gasteiger charge is 2.20. The average molecular weight is 248 g/mol. The summed E-state index contributed by atoms with van der Waals surface area (Å²) in [5.41, 5.74) is 0. The van der Waals surface area contributed by atoms with Gasteiger partial charge in [0.05, 0.1) is 11.8 Å². The van der Waals surface area contributed by atoms with E-state index in [1.54, 1.807) is 6.92 Å². The Morgan fingerprint density at radius 3 is 2.75 bits per heavy atom. The van der Waals surface area contributed by atoms with Crippen LogP contribution in [0.5, 0.6) is 0 Å². The van der Waals surface area contributed by atoms with Crippen molar-refractivity contribution in [2.24, 2.45) is 0 Å². The van der Waals surface area contributed by atoms with E-state index in [1.807, 2.05) is 0 Å². The van der Waals surface area contributed by atoms with Gasteiger partial charge in [0.2, 0.25) is 5.91 Å². The van der Waals surface area contributed by atoms with Crippen LogP contribution in [0.3, 0.4) is 0 Å². The van der Waals surface area contributed by atoms with Crippen molar-refractivity contribution in [3.05, 3.63) is 0 Å². The fraction of sp³-hybridized carbons (Fsp3) is 0.900. The predicted octanol–water partition coefficient (Wildman–Crippen LogP) is -0.321. The summed E-state index contributed by atoms with van der Waals surface area (Å²) in [7, 11) is -2.98. The highest BCUT2D eigenvalue weighted by atomic mass is 32.2. The van der Waals surface area contributed by atoms with E-state index in [-0.39, 0.29) is 30.0 Å². The molecule has 1 aliphatic heterocycles. The topological polar surface area (TPSA) is 75.3 Å². The molecule has 5 nitrogen and oxygen atoms in total. The molecule has 0 aromatic heterocycles. The molecule has 0 aliphatic carbocycles. The fourth-order valence-electron chi connectivity index (χ4n) is 1.67. The lowest BCUT2D eigenvalue weighted by Crippen LogP contribution is -2.47. The van der Waals surface area contributed by atoms with Crippen LogP contribution in [0.4, 0.5) is 0 Å². The number of carbonyl (C=O) groups excluding carboxylic acids is 1. The first-order valence-corrected chi connectivity index (χ1v) is 7.59. The molecule has 0 aromatic carbocycles. The first kappa shape index (κ1) is 13.4. The maximum atomic E-state index is 11.6. The van der Waals surface area contributed by atoms with Crippen molar-refractivity contribution in [3.8, 4) is 0 Å². The van der Waals surface area contributed by atoms with Crippen molar-refractivity contribution in [2.75, 3.05) is 24.6 Å². The van der Waals surface area contributed by atoms with Crippen molar-refractivity contribution in [1.82, 2.24) is 10.6 Å². The predicted molar refractivity (Wildman–Crippen MR) is 63.0 cm³/mol. The van der Waals surface area contributed by atoms with Crippen LogP contribution in [0.15, 0.2) is 0 Å². The van der Waals surface area contributed by atoms with Gasteiger partial charge in [-0.2, -0.15) is 0 Å². The SMILES string of the molecule is CCS(=O)(=O)CCNC(=O)[C@@H]1CCCCN1. The van der Waals surface area contributed by atoms with Crippen LogP contribution in [0, 0.1) is 0 Å². The van der Waals surface area contributed by atoms with Gasteiger partial charge in [0.1, 0.15) is 0 Å². The molecule has 1 amide bonds. The Morgan fingerprint density at radius 2 is 2.19 bits per heavy atom. The van der Waals surface area contributed by atoms with Gasteiger partial charge in [-0.1, -0.05) is 13.3 Å². The maximum Gasteiger partial charge on any atom is 0.237 e. The van der Waals surface area contributed by atoms with E-state index in [1.165, 1.54) is 0 Å². The third kappa shape index (κ3) is 4.49. The standard InChI is InChI=1S/C10H20N2O3S/c1-2-16(14,15)8-7-12-10(13)9-5-3-4-6-11-9/h9,11H,2-8H2,1H3,(H,12,13)/t9-/m0/s1. The Labute approximate surface area is 96.9 Å². The number of hydrogen-bond donors (Lipinski definition) is 2. The zero-order valence-corrected chi connectivity index (χ0v) is 10.5. The summed E-state index contributed by atoms with van der Waals surface area (Å²) in [4.78, 5) is 11.6. The van der Waals surface area contributed by atoms with Crippen molar-refractivity contribution in [1.29, 1.82) is 0 Å². The van der Waals surface area contributed by atoms with E-state index in [4.69, 9.17) is 0 Å². The van der Waals surface area contributed by atoms with Gasteiger partial charge in [-0.25, -0.2) is 8.42 Å². The highest BCUT2D eigenvalue weighted by Crippen LogP contribution is 2.06. The Bertz CT molecular complexity index is 321. The molecule has 1 fully saturated rings. The zero-order chi connectivity index (χ0) is 12.0. The van der Waals surface area contributed by atoms with Crippen molar-refractivity contribution in [2.45, 2.75) is 32.2 Å². The summed E-state index contributed by atoms with van der Waals surface area (Å²) in [6.07, 6.45) is 3.00. The second-order valence-electron chi connectivity index (χ2n) is 4.03. The second-order valence-corrected chi connectivity index (χ2v) is 6.50. The number of hydrogen-bond acceptors (Lipinski definition) is 4. The molecule has 6 heteroatoms. The summed E-state index contributed by atoms with van der Waals surface area (Å²) < 4.78 is 22.4. The van der Waals surface area contributed by atoms with E-state index in [0.717, 1.165) is 25.8 Å². The van der Waals surface area contributed by atoms with E-state index in [2.05, 4.69) is 10.6 Å². The first-order chi connectivity index (χ1) is 7.55. The van der Waals surface area contributed by atoms with E-state index < -0.39 is 9.84 Å². The number of amides is 1. The van der Waals surface area contributed by atoms with Gasteiger partial charge in [-0.15, -0.1) is 0 Å². The minimum Gasteiger partial charge on any atom is -0.354 e. The lowest BCUT2D eigenvalue weighted by molar-refractivity contribution is -0.123. The van der Waals surface area contributed by atoms with Crippen LogP contribution in [0.25, 0.3) is 0 Å². The highest BCUT2D eigenvalue weighted by molar-refractivity contribution is 7.91. The molecule has 94 valence electrons. The molecule has 1 saturated heterocycles. The smallest absolute Gasteiger partial charge is 0.237 e. The van der Waals surface area contributed by atoms with Gasteiger partial charge in [0.15, 0.2) is 9.84 Å². The molecule has 1 aliphatic rings. The average Bonchev–Trinajstić information content (AvgIpc) is 2.30. The maximum absolute atomic E-state index is 11.6. The lowest BCUT2D eigenvalue weighted by Gasteiger charge is -2.22. The number of rotatable bonds is 5. The molecular weight excluding hydrogens is 228 g/mol. The Hall–Kier alpha value is -0.620. The van der Waals surface area contributed by atoms with E-state index in [9.17, 15) is 13.2 Å². The molecule has 1 atom stereocenters. The molecule has 0 unspecified atom stereocenters. The third-order valence-electron chi connectivity index (χ3n) is 2.78. The molecule has 0 radical (unpaired) electrons. The number of sulfone groups is 1. The van der Waals surface area contributed by atoms with Gasteiger partial charge in [0.25, 0.3) is 0 Å². The fourth-order valence-corrected chi connectivity index (χ4v) is 2.37.